The third-order valence-electron chi connectivity index (χ3n) is 6.61. The number of amides is 2. The number of halogens is 2. The topological polar surface area (TPSA) is 105 Å². The van der Waals surface area contributed by atoms with Crippen molar-refractivity contribution in [3.63, 3.8) is 0 Å². The normalized spacial score (nSPS) is 13.4. The Hall–Kier alpha value is -3.64. The number of ether oxygens (including phenoxy) is 2. The van der Waals surface area contributed by atoms with Crippen LogP contribution in [0.3, 0.4) is 0 Å². The van der Waals surface area contributed by atoms with Crippen LogP contribution in [0.2, 0.25) is 0 Å². The van der Waals surface area contributed by atoms with Gasteiger partial charge in [-0.15, -0.1) is 0 Å². The summed E-state index contributed by atoms with van der Waals surface area (Å²) in [6.07, 6.45) is 0. The Bertz CT molecular complexity index is 1520. The Balaban J connectivity index is 1.70. The van der Waals surface area contributed by atoms with E-state index in [1.165, 1.54) is 35.2 Å². The highest BCUT2D eigenvalue weighted by Gasteiger charge is 2.33. The fourth-order valence-electron chi connectivity index (χ4n) is 4.27. The van der Waals surface area contributed by atoms with Crippen molar-refractivity contribution in [2.45, 2.75) is 38.3 Å². The fraction of sp³-hybridized carbons (Fsp3) is 0.333. The molecule has 0 fully saturated rings. The lowest BCUT2D eigenvalue weighted by atomic mass is 10.1. The molecular weight excluding hydrogens is 629 g/mol. The molecule has 0 saturated carbocycles. The van der Waals surface area contributed by atoms with Crippen molar-refractivity contribution in [1.29, 1.82) is 0 Å². The zero-order valence-electron chi connectivity index (χ0n) is 23.5. The van der Waals surface area contributed by atoms with Gasteiger partial charge in [0, 0.05) is 23.6 Å². The Morgan fingerprint density at radius 2 is 1.60 bits per heavy atom. The number of sulfonamides is 1. The summed E-state index contributed by atoms with van der Waals surface area (Å²) in [7, 11) is -4.35. The summed E-state index contributed by atoms with van der Waals surface area (Å²) in [4.78, 5) is 28.3. The van der Waals surface area contributed by atoms with Crippen molar-refractivity contribution < 1.29 is 31.9 Å². The van der Waals surface area contributed by atoms with E-state index in [-0.39, 0.29) is 41.3 Å². The van der Waals surface area contributed by atoms with E-state index < -0.39 is 34.3 Å². The highest BCUT2D eigenvalue weighted by molar-refractivity contribution is 9.10. The average molecular weight is 663 g/mol. The predicted molar refractivity (Wildman–Crippen MR) is 160 cm³/mol. The van der Waals surface area contributed by atoms with Gasteiger partial charge in [-0.3, -0.25) is 13.9 Å². The van der Waals surface area contributed by atoms with Crippen LogP contribution in [0, 0.1) is 11.7 Å². The van der Waals surface area contributed by atoms with Gasteiger partial charge in [0.15, 0.2) is 11.5 Å². The van der Waals surface area contributed by atoms with Gasteiger partial charge in [0.05, 0.1) is 10.6 Å². The molecule has 224 valence electrons. The van der Waals surface area contributed by atoms with Crippen molar-refractivity contribution >= 4 is 43.5 Å². The van der Waals surface area contributed by atoms with E-state index in [0.717, 1.165) is 26.5 Å². The van der Waals surface area contributed by atoms with Crippen LogP contribution in [-0.2, 0) is 26.2 Å². The SMILES string of the molecule is CC(C)CNC(=O)C(C)N(Cc1ccc(Br)cc1)C(=O)CN(c1ccc(F)cc1)S(=O)(=O)c1ccc2c(c1)OCCO2. The molecule has 1 heterocycles. The van der Waals surface area contributed by atoms with Gasteiger partial charge in [0.2, 0.25) is 11.8 Å². The van der Waals surface area contributed by atoms with Crippen molar-refractivity contribution in [1.82, 2.24) is 10.2 Å². The van der Waals surface area contributed by atoms with Crippen molar-refractivity contribution in [3.05, 3.63) is 82.6 Å². The number of fused-ring (bicyclic) bond motifs is 1. The molecule has 0 aliphatic carbocycles. The van der Waals surface area contributed by atoms with Crippen LogP contribution in [0.4, 0.5) is 10.1 Å². The summed E-state index contributed by atoms with van der Waals surface area (Å²) < 4.78 is 54.7. The van der Waals surface area contributed by atoms with E-state index >= 15 is 0 Å². The minimum Gasteiger partial charge on any atom is -0.486 e. The fourth-order valence-corrected chi connectivity index (χ4v) is 5.96. The van der Waals surface area contributed by atoms with E-state index in [9.17, 15) is 22.4 Å². The number of carbonyl (C=O) groups is 2. The lowest BCUT2D eigenvalue weighted by Crippen LogP contribution is -2.51. The highest BCUT2D eigenvalue weighted by Crippen LogP contribution is 2.34. The number of nitrogens with zero attached hydrogens (tertiary/aromatic N) is 2. The van der Waals surface area contributed by atoms with E-state index in [1.807, 2.05) is 38.1 Å². The largest absolute Gasteiger partial charge is 0.486 e. The lowest BCUT2D eigenvalue weighted by molar-refractivity contribution is -0.139. The number of benzene rings is 3. The molecule has 42 heavy (non-hydrogen) atoms. The molecule has 1 unspecified atom stereocenters. The molecule has 0 spiro atoms. The van der Waals surface area contributed by atoms with Crippen LogP contribution >= 0.6 is 15.9 Å². The Labute approximate surface area is 253 Å². The smallest absolute Gasteiger partial charge is 0.264 e. The number of nitrogens with one attached hydrogen (secondary N) is 1. The second kappa shape index (κ2) is 13.6. The Morgan fingerprint density at radius 1 is 0.952 bits per heavy atom. The quantitative estimate of drug-likeness (QED) is 0.318. The molecule has 4 rings (SSSR count). The van der Waals surface area contributed by atoms with E-state index in [1.54, 1.807) is 6.92 Å². The van der Waals surface area contributed by atoms with Crippen LogP contribution in [0.1, 0.15) is 26.3 Å². The van der Waals surface area contributed by atoms with Crippen LogP contribution in [0.15, 0.2) is 76.1 Å². The molecule has 12 heteroatoms. The molecule has 1 atom stereocenters. The summed E-state index contributed by atoms with van der Waals surface area (Å²) in [5, 5.41) is 2.85. The molecule has 3 aromatic rings. The summed E-state index contributed by atoms with van der Waals surface area (Å²) in [6.45, 7) is 5.96. The molecule has 2 amide bonds. The van der Waals surface area contributed by atoms with Gasteiger partial charge in [0.25, 0.3) is 10.0 Å². The molecule has 0 aromatic heterocycles. The lowest BCUT2D eigenvalue weighted by Gasteiger charge is -2.32. The molecule has 9 nitrogen and oxygen atoms in total. The molecule has 1 aliphatic rings. The Morgan fingerprint density at radius 3 is 2.24 bits per heavy atom. The molecule has 3 aromatic carbocycles. The first-order valence-electron chi connectivity index (χ1n) is 13.5. The van der Waals surface area contributed by atoms with Gasteiger partial charge in [-0.1, -0.05) is 41.9 Å². The maximum atomic E-state index is 14.0. The van der Waals surface area contributed by atoms with Gasteiger partial charge in [0.1, 0.15) is 31.6 Å². The second-order valence-corrected chi connectivity index (χ2v) is 13.0. The maximum Gasteiger partial charge on any atom is 0.264 e. The molecule has 1 aliphatic heterocycles. The second-order valence-electron chi connectivity index (χ2n) is 10.3. The van der Waals surface area contributed by atoms with Crippen LogP contribution in [-0.4, -0.2) is 57.5 Å². The van der Waals surface area contributed by atoms with Gasteiger partial charge >= 0.3 is 0 Å². The van der Waals surface area contributed by atoms with Crippen molar-refractivity contribution in [3.8, 4) is 11.5 Å². The number of rotatable bonds is 11. The summed E-state index contributed by atoms with van der Waals surface area (Å²) >= 11 is 3.40. The Kier molecular flexibility index (Phi) is 10.1. The molecular formula is C30H33BrFN3O6S. The van der Waals surface area contributed by atoms with Gasteiger partial charge < -0.3 is 19.7 Å². The van der Waals surface area contributed by atoms with Gasteiger partial charge in [-0.05, 0) is 66.9 Å². The summed E-state index contributed by atoms with van der Waals surface area (Å²) in [5.41, 5.74) is 0.832. The zero-order valence-corrected chi connectivity index (χ0v) is 26.0. The van der Waals surface area contributed by atoms with E-state index in [2.05, 4.69) is 21.2 Å². The maximum absolute atomic E-state index is 14.0. The van der Waals surface area contributed by atoms with Gasteiger partial charge in [-0.25, -0.2) is 12.8 Å². The van der Waals surface area contributed by atoms with Crippen molar-refractivity contribution in [2.24, 2.45) is 5.92 Å². The first-order valence-corrected chi connectivity index (χ1v) is 15.7. The molecule has 0 saturated heterocycles. The highest BCUT2D eigenvalue weighted by atomic mass is 79.9. The van der Waals surface area contributed by atoms with Crippen LogP contribution < -0.4 is 19.1 Å². The standard InChI is InChI=1S/C30H33BrFN3O6S/c1-20(2)17-33-30(37)21(3)34(18-22-4-6-23(31)7-5-22)29(36)19-35(25-10-8-24(32)9-11-25)42(38,39)26-12-13-27-28(16-26)41-15-14-40-27/h4-13,16,20-21H,14-15,17-19H2,1-3H3,(H,33,37). The minimum atomic E-state index is -4.35. The number of hydrogen-bond acceptors (Lipinski definition) is 6. The molecule has 1 N–H and O–H groups in total. The number of hydrogen-bond donors (Lipinski definition) is 1. The zero-order chi connectivity index (χ0) is 30.4. The van der Waals surface area contributed by atoms with Crippen LogP contribution in [0.5, 0.6) is 11.5 Å². The summed E-state index contributed by atoms with van der Waals surface area (Å²) in [6, 6.07) is 15.4. The first-order chi connectivity index (χ1) is 20.0. The molecule has 0 radical (unpaired) electrons. The third-order valence-corrected chi connectivity index (χ3v) is 8.91. The number of anilines is 1. The van der Waals surface area contributed by atoms with Gasteiger partial charge in [-0.2, -0.15) is 0 Å². The van der Waals surface area contributed by atoms with Crippen molar-refractivity contribution in [2.75, 3.05) is 30.6 Å². The first kappa shape index (κ1) is 31.3. The van der Waals surface area contributed by atoms with Crippen LogP contribution in [0.25, 0.3) is 0 Å². The van der Waals surface area contributed by atoms with E-state index in [0.29, 0.717) is 18.9 Å². The third kappa shape index (κ3) is 7.60. The monoisotopic (exact) mass is 661 g/mol. The predicted octanol–water partition coefficient (Wildman–Crippen LogP) is 4.74. The summed E-state index contributed by atoms with van der Waals surface area (Å²) in [5.74, 6) is -0.671. The molecule has 0 bridgehead atoms. The number of carbonyl (C=O) groups excluding carboxylic acids is 2. The minimum absolute atomic E-state index is 0.0592. The van der Waals surface area contributed by atoms with E-state index in [4.69, 9.17) is 9.47 Å². The average Bonchev–Trinajstić information content (AvgIpc) is 2.98.